The minimum atomic E-state index is 0. The molecule has 0 radical (unpaired) electrons. The average Bonchev–Trinajstić information content (AvgIpc) is 3.39. The van der Waals surface area contributed by atoms with Crippen molar-refractivity contribution in [1.29, 1.82) is 0 Å². The van der Waals surface area contributed by atoms with Gasteiger partial charge in [0.1, 0.15) is 0 Å². The van der Waals surface area contributed by atoms with Crippen LogP contribution in [0.4, 0.5) is 0 Å². The first-order valence-corrected chi connectivity index (χ1v) is 20.1. The van der Waals surface area contributed by atoms with Gasteiger partial charge in [0.15, 0.2) is 0 Å². The van der Waals surface area contributed by atoms with Gasteiger partial charge in [-0.1, -0.05) is 77.6 Å². The molecule has 188 valence electrons. The fourth-order valence-corrected chi connectivity index (χ4v) is 9.23. The standard InChI is InChI=1S/2C14H17.C3H6Si.2ClH.Hf/c2*1-4-11-6-7-12(5-2)14-9-10(3)8-13(11)14;1-2-4-3-1;;;/h2*6-9H,4-5H2,1-3H3;1-3H2;2*1H;/q2*-1;;;;+2/p-2. The molecule has 4 heteroatoms. The van der Waals surface area contributed by atoms with Gasteiger partial charge < -0.3 is 24.8 Å². The molecule has 5 rings (SSSR count). The first-order valence-electron chi connectivity index (χ1n) is 12.8. The molecule has 1 aliphatic rings. The number of rotatable bonds is 4. The normalized spacial score (nSPS) is 12.1. The van der Waals surface area contributed by atoms with Crippen LogP contribution in [0.5, 0.6) is 0 Å². The zero-order valence-electron chi connectivity index (χ0n) is 22.3. The summed E-state index contributed by atoms with van der Waals surface area (Å²) in [5, 5.41) is 5.85. The van der Waals surface area contributed by atoms with Crippen LogP contribution in [0.3, 0.4) is 0 Å². The number of fused-ring (bicyclic) bond motifs is 2. The van der Waals surface area contributed by atoms with E-state index in [-0.39, 0.29) is 24.8 Å². The van der Waals surface area contributed by atoms with E-state index in [0.717, 1.165) is 25.7 Å². The summed E-state index contributed by atoms with van der Waals surface area (Å²) >= 11 is 1.56. The molecule has 0 amide bonds. The van der Waals surface area contributed by atoms with Crippen LogP contribution >= 0.6 is 0 Å². The SMILES string of the molecule is CCc1ccc(CC)c2[cH-]c(C)cc12.CCc1ccc(CC)c2[cH-]c(C)cc12.[Cl-].[Cl-].[Hf+2]=[Si]1CCC1. The van der Waals surface area contributed by atoms with Crippen molar-refractivity contribution in [3.05, 3.63) is 81.9 Å². The maximum absolute atomic E-state index is 2.31. The molecule has 4 aromatic carbocycles. The van der Waals surface area contributed by atoms with E-state index >= 15 is 0 Å². The molecule has 0 spiro atoms. The molecule has 1 saturated heterocycles. The summed E-state index contributed by atoms with van der Waals surface area (Å²) in [5.74, 6) is 0. The molecule has 1 heterocycles. The topological polar surface area (TPSA) is 0 Å². The number of benzene rings is 2. The Bertz CT molecular complexity index is 1060. The number of hydrogen-bond donors (Lipinski definition) is 0. The molecule has 0 N–H and O–H groups in total. The van der Waals surface area contributed by atoms with Crippen molar-refractivity contribution < 1.29 is 47.8 Å². The van der Waals surface area contributed by atoms with Crippen molar-refractivity contribution in [2.24, 2.45) is 0 Å². The van der Waals surface area contributed by atoms with Crippen LogP contribution in [0.15, 0.2) is 48.5 Å². The molecule has 1 aliphatic heterocycles. The molecule has 0 unspecified atom stereocenters. The van der Waals surface area contributed by atoms with Gasteiger partial charge in [0.05, 0.1) is 0 Å². The van der Waals surface area contributed by atoms with E-state index in [9.17, 15) is 0 Å². The van der Waals surface area contributed by atoms with Crippen molar-refractivity contribution in [1.82, 2.24) is 0 Å². The number of aryl methyl sites for hydroxylation is 6. The van der Waals surface area contributed by atoms with Crippen LogP contribution in [-0.2, 0) is 48.7 Å². The van der Waals surface area contributed by atoms with Crippen molar-refractivity contribution in [3.8, 4) is 0 Å². The second kappa shape index (κ2) is 15.5. The Morgan fingerprint density at radius 1 is 0.657 bits per heavy atom. The third kappa shape index (κ3) is 8.16. The van der Waals surface area contributed by atoms with Gasteiger partial charge in [0.25, 0.3) is 0 Å². The number of hydrogen-bond acceptors (Lipinski definition) is 0. The van der Waals surface area contributed by atoms with E-state index in [1.807, 2.05) is 0 Å². The van der Waals surface area contributed by atoms with Gasteiger partial charge in [-0.05, 0) is 12.8 Å². The molecule has 4 aromatic rings. The summed E-state index contributed by atoms with van der Waals surface area (Å²) in [6.45, 7) is 13.3. The maximum atomic E-state index is 2.31. The van der Waals surface area contributed by atoms with E-state index in [0.29, 0.717) is 5.49 Å². The average molecular weight is 690 g/mol. The van der Waals surface area contributed by atoms with E-state index in [4.69, 9.17) is 0 Å². The van der Waals surface area contributed by atoms with Crippen LogP contribution in [0, 0.1) is 13.8 Å². The van der Waals surface area contributed by atoms with Crippen molar-refractivity contribution in [2.45, 2.75) is 85.7 Å². The Morgan fingerprint density at radius 3 is 1.23 bits per heavy atom. The summed E-state index contributed by atoms with van der Waals surface area (Å²) in [6, 6.07) is 21.7. The van der Waals surface area contributed by atoms with Crippen molar-refractivity contribution >= 4 is 27.0 Å². The molecular weight excluding hydrogens is 650 g/mol. The van der Waals surface area contributed by atoms with E-state index in [1.54, 1.807) is 41.5 Å². The van der Waals surface area contributed by atoms with Crippen LogP contribution in [-0.4, -0.2) is 5.49 Å². The van der Waals surface area contributed by atoms with Crippen LogP contribution in [0.2, 0.25) is 12.1 Å². The fraction of sp³-hybridized carbons (Fsp3) is 0.419. The molecule has 0 aromatic heterocycles. The summed E-state index contributed by atoms with van der Waals surface area (Å²) < 4.78 is 0. The Labute approximate surface area is 241 Å². The second-order valence-corrected chi connectivity index (χ2v) is 19.2. The third-order valence-electron chi connectivity index (χ3n) is 6.90. The van der Waals surface area contributed by atoms with Gasteiger partial charge in [-0.3, -0.25) is 0 Å². The predicted octanol–water partition coefficient (Wildman–Crippen LogP) is 2.92. The van der Waals surface area contributed by atoms with E-state index < -0.39 is 0 Å². The Hall–Kier alpha value is -0.673. The molecule has 0 atom stereocenters. The molecule has 0 bridgehead atoms. The second-order valence-electron chi connectivity index (χ2n) is 9.36. The minimum absolute atomic E-state index is 0. The Balaban J connectivity index is 0.000000279. The van der Waals surface area contributed by atoms with Crippen molar-refractivity contribution in [2.75, 3.05) is 0 Å². The first kappa shape index (κ1) is 32.4. The van der Waals surface area contributed by atoms with Gasteiger partial charge in [0.2, 0.25) is 0 Å². The quantitative estimate of drug-likeness (QED) is 0.229. The zero-order valence-corrected chi connectivity index (χ0v) is 28.4. The van der Waals surface area contributed by atoms with Crippen LogP contribution in [0.25, 0.3) is 21.5 Å². The Kier molecular flexibility index (Phi) is 14.4. The molecule has 35 heavy (non-hydrogen) atoms. The van der Waals surface area contributed by atoms with Gasteiger partial charge in [0, 0.05) is 0 Å². The van der Waals surface area contributed by atoms with Crippen LogP contribution in [0.1, 0.15) is 67.5 Å². The zero-order chi connectivity index (χ0) is 24.0. The summed E-state index contributed by atoms with van der Waals surface area (Å²) in [7, 11) is 0. The van der Waals surface area contributed by atoms with Crippen LogP contribution < -0.4 is 24.8 Å². The molecular formula is C31H40Cl2HfSi-2. The molecule has 0 saturated carbocycles. The third-order valence-corrected chi connectivity index (χ3v) is 14.2. The molecule has 0 aliphatic carbocycles. The van der Waals surface area contributed by atoms with Crippen molar-refractivity contribution in [3.63, 3.8) is 0 Å². The van der Waals surface area contributed by atoms with Gasteiger partial charge >= 0.3 is 47.0 Å². The van der Waals surface area contributed by atoms with E-state index in [2.05, 4.69) is 90.1 Å². The fourth-order valence-electron chi connectivity index (χ4n) is 4.72. The predicted molar refractivity (Wildman–Crippen MR) is 146 cm³/mol. The van der Waals surface area contributed by atoms with Gasteiger partial charge in [-0.15, -0.1) is 68.1 Å². The van der Waals surface area contributed by atoms with Gasteiger partial charge in [-0.2, -0.15) is 12.1 Å². The number of halogens is 2. The van der Waals surface area contributed by atoms with E-state index in [1.165, 1.54) is 54.9 Å². The summed E-state index contributed by atoms with van der Waals surface area (Å²) in [4.78, 5) is 0. The molecule has 0 nitrogen and oxygen atoms in total. The molecule has 1 fully saturated rings. The van der Waals surface area contributed by atoms with Gasteiger partial charge in [-0.25, -0.2) is 0 Å². The Morgan fingerprint density at radius 2 is 0.971 bits per heavy atom. The first-order chi connectivity index (χ1) is 15.9. The summed E-state index contributed by atoms with van der Waals surface area (Å²) in [5.41, 5.74) is 9.12. The monoisotopic (exact) mass is 690 g/mol. The summed E-state index contributed by atoms with van der Waals surface area (Å²) in [6.07, 6.45) is 6.08.